The number of hydrogen-bond donors (Lipinski definition) is 1. The second-order valence-corrected chi connectivity index (χ2v) is 5.31. The van der Waals surface area contributed by atoms with Crippen LogP contribution >= 0.6 is 28.6 Å². The summed E-state index contributed by atoms with van der Waals surface area (Å²) in [5.41, 5.74) is 3.88. The smallest absolute Gasteiger partial charge is 0.0253 e. The molecule has 0 radical (unpaired) electrons. The zero-order valence-corrected chi connectivity index (χ0v) is 12.0. The van der Waals surface area contributed by atoms with Crippen molar-refractivity contribution in [2.45, 2.75) is 12.8 Å². The maximum Gasteiger partial charge on any atom is 0.0253 e. The second kappa shape index (κ2) is 6.27. The minimum atomic E-state index is 0.950. The molecular formula is C15H15BrS. The van der Waals surface area contributed by atoms with E-state index in [1.807, 2.05) is 6.07 Å². The van der Waals surface area contributed by atoms with E-state index in [4.69, 9.17) is 0 Å². The van der Waals surface area contributed by atoms with Gasteiger partial charge in [0.1, 0.15) is 0 Å². The lowest BCUT2D eigenvalue weighted by Gasteiger charge is -2.06. The molecule has 0 fully saturated rings. The Labute approximate surface area is 117 Å². The van der Waals surface area contributed by atoms with E-state index >= 15 is 0 Å². The van der Waals surface area contributed by atoms with Crippen LogP contribution in [0.25, 0.3) is 11.1 Å². The van der Waals surface area contributed by atoms with Gasteiger partial charge in [-0.1, -0.05) is 58.4 Å². The van der Waals surface area contributed by atoms with Crippen LogP contribution in [-0.2, 0) is 6.42 Å². The Kier molecular flexibility index (Phi) is 4.69. The van der Waals surface area contributed by atoms with Crippen molar-refractivity contribution in [2.75, 3.05) is 5.75 Å². The van der Waals surface area contributed by atoms with Crippen LogP contribution in [0.4, 0.5) is 0 Å². The Balaban J connectivity index is 2.21. The number of hydrogen-bond acceptors (Lipinski definition) is 1. The fraction of sp³-hybridized carbons (Fsp3) is 0.200. The van der Waals surface area contributed by atoms with Crippen LogP contribution in [0.2, 0.25) is 0 Å². The molecule has 2 aromatic rings. The third-order valence-electron chi connectivity index (χ3n) is 2.76. The molecule has 2 aromatic carbocycles. The molecule has 0 N–H and O–H groups in total. The van der Waals surface area contributed by atoms with Gasteiger partial charge >= 0.3 is 0 Å². The van der Waals surface area contributed by atoms with E-state index in [0.717, 1.165) is 23.1 Å². The molecule has 0 bridgehead atoms. The zero-order valence-electron chi connectivity index (χ0n) is 9.57. The summed E-state index contributed by atoms with van der Waals surface area (Å²) in [5.74, 6) is 0.950. The van der Waals surface area contributed by atoms with Crippen molar-refractivity contribution in [3.05, 3.63) is 58.6 Å². The van der Waals surface area contributed by atoms with Crippen molar-refractivity contribution in [1.29, 1.82) is 0 Å². The Morgan fingerprint density at radius 2 is 1.65 bits per heavy atom. The lowest BCUT2D eigenvalue weighted by molar-refractivity contribution is 0.936. The molecule has 0 saturated carbocycles. The largest absolute Gasteiger partial charge is 0.179 e. The molecule has 0 atom stereocenters. The van der Waals surface area contributed by atoms with Crippen molar-refractivity contribution in [2.24, 2.45) is 0 Å². The summed E-state index contributed by atoms with van der Waals surface area (Å²) < 4.78 is 1.14. The SMILES string of the molecule is SCCCc1ccc(-c2ccccc2Br)cc1. The van der Waals surface area contributed by atoms with Gasteiger partial charge in [0.15, 0.2) is 0 Å². The van der Waals surface area contributed by atoms with Crippen molar-refractivity contribution >= 4 is 28.6 Å². The summed E-state index contributed by atoms with van der Waals surface area (Å²) in [4.78, 5) is 0. The first-order chi connectivity index (χ1) is 8.31. The molecule has 17 heavy (non-hydrogen) atoms. The van der Waals surface area contributed by atoms with E-state index in [1.165, 1.54) is 16.7 Å². The van der Waals surface area contributed by atoms with E-state index in [1.54, 1.807) is 0 Å². The maximum absolute atomic E-state index is 4.24. The van der Waals surface area contributed by atoms with Gasteiger partial charge in [0.05, 0.1) is 0 Å². The van der Waals surface area contributed by atoms with Gasteiger partial charge in [-0.2, -0.15) is 12.6 Å². The highest BCUT2D eigenvalue weighted by atomic mass is 79.9. The number of thiol groups is 1. The number of aryl methyl sites for hydroxylation is 1. The summed E-state index contributed by atoms with van der Waals surface area (Å²) in [5, 5.41) is 0. The molecule has 0 saturated heterocycles. The lowest BCUT2D eigenvalue weighted by atomic mass is 10.0. The molecule has 2 heteroatoms. The highest BCUT2D eigenvalue weighted by Crippen LogP contribution is 2.28. The Morgan fingerprint density at radius 3 is 2.29 bits per heavy atom. The molecule has 0 spiro atoms. The average molecular weight is 307 g/mol. The van der Waals surface area contributed by atoms with E-state index in [9.17, 15) is 0 Å². The molecule has 0 heterocycles. The zero-order chi connectivity index (χ0) is 12.1. The van der Waals surface area contributed by atoms with Gasteiger partial charge in [-0.25, -0.2) is 0 Å². The van der Waals surface area contributed by atoms with Crippen molar-refractivity contribution in [1.82, 2.24) is 0 Å². The van der Waals surface area contributed by atoms with Crippen LogP contribution in [-0.4, -0.2) is 5.75 Å². The third kappa shape index (κ3) is 3.36. The van der Waals surface area contributed by atoms with Crippen LogP contribution < -0.4 is 0 Å². The average Bonchev–Trinajstić information content (AvgIpc) is 2.38. The molecule has 0 unspecified atom stereocenters. The van der Waals surface area contributed by atoms with Crippen LogP contribution in [0.5, 0.6) is 0 Å². The first-order valence-corrected chi connectivity index (χ1v) is 7.18. The Hall–Kier alpha value is -0.730. The van der Waals surface area contributed by atoms with Crippen LogP contribution in [0.3, 0.4) is 0 Å². The van der Waals surface area contributed by atoms with Gasteiger partial charge in [0.25, 0.3) is 0 Å². The summed E-state index contributed by atoms with van der Waals surface area (Å²) in [6.07, 6.45) is 2.25. The standard InChI is InChI=1S/C15H15BrS/c16-15-6-2-1-5-14(15)13-9-7-12(8-10-13)4-3-11-17/h1-2,5-10,17H,3-4,11H2. The highest BCUT2D eigenvalue weighted by Gasteiger charge is 2.01. The number of halogens is 1. The van der Waals surface area contributed by atoms with Gasteiger partial charge in [0, 0.05) is 4.47 Å². The molecule has 0 aromatic heterocycles. The van der Waals surface area contributed by atoms with Crippen LogP contribution in [0.15, 0.2) is 53.0 Å². The van der Waals surface area contributed by atoms with Gasteiger partial charge < -0.3 is 0 Å². The maximum atomic E-state index is 4.24. The highest BCUT2D eigenvalue weighted by molar-refractivity contribution is 9.10. The van der Waals surface area contributed by atoms with E-state index < -0.39 is 0 Å². The molecule has 0 aliphatic heterocycles. The molecule has 2 rings (SSSR count). The van der Waals surface area contributed by atoms with Crippen molar-refractivity contribution in [3.8, 4) is 11.1 Å². The third-order valence-corrected chi connectivity index (χ3v) is 3.77. The number of benzene rings is 2. The molecule has 0 amide bonds. The molecule has 0 aliphatic rings. The van der Waals surface area contributed by atoms with Crippen LogP contribution in [0, 0.1) is 0 Å². The van der Waals surface area contributed by atoms with Crippen LogP contribution in [0.1, 0.15) is 12.0 Å². The first-order valence-electron chi connectivity index (χ1n) is 5.76. The Morgan fingerprint density at radius 1 is 0.941 bits per heavy atom. The summed E-state index contributed by atoms with van der Waals surface area (Å²) in [6, 6.07) is 17.1. The van der Waals surface area contributed by atoms with Gasteiger partial charge in [0.2, 0.25) is 0 Å². The predicted octanol–water partition coefficient (Wildman–Crippen LogP) is 4.98. The fourth-order valence-corrected chi connectivity index (χ4v) is 2.50. The number of rotatable bonds is 4. The molecular weight excluding hydrogens is 292 g/mol. The van der Waals surface area contributed by atoms with Crippen molar-refractivity contribution < 1.29 is 0 Å². The van der Waals surface area contributed by atoms with E-state index in [-0.39, 0.29) is 0 Å². The first kappa shape index (κ1) is 12.7. The molecule has 0 aliphatic carbocycles. The van der Waals surface area contributed by atoms with E-state index in [0.29, 0.717) is 0 Å². The monoisotopic (exact) mass is 306 g/mol. The summed E-state index contributed by atoms with van der Waals surface area (Å²) >= 11 is 7.82. The van der Waals surface area contributed by atoms with Gasteiger partial charge in [-0.05, 0) is 41.4 Å². The minimum Gasteiger partial charge on any atom is -0.179 e. The van der Waals surface area contributed by atoms with Gasteiger partial charge in [-0.15, -0.1) is 0 Å². The second-order valence-electron chi connectivity index (χ2n) is 4.00. The fourth-order valence-electron chi connectivity index (χ4n) is 1.83. The molecule has 88 valence electrons. The van der Waals surface area contributed by atoms with Crippen molar-refractivity contribution in [3.63, 3.8) is 0 Å². The molecule has 0 nitrogen and oxygen atoms in total. The predicted molar refractivity (Wildman–Crippen MR) is 81.8 cm³/mol. The Bertz CT molecular complexity index is 477. The van der Waals surface area contributed by atoms with Gasteiger partial charge in [-0.3, -0.25) is 0 Å². The minimum absolute atomic E-state index is 0.950. The summed E-state index contributed by atoms with van der Waals surface area (Å²) in [6.45, 7) is 0. The lowest BCUT2D eigenvalue weighted by Crippen LogP contribution is -1.86. The van der Waals surface area contributed by atoms with E-state index in [2.05, 4.69) is 71.0 Å². The quantitative estimate of drug-likeness (QED) is 0.757. The normalized spacial score (nSPS) is 10.5. The summed E-state index contributed by atoms with van der Waals surface area (Å²) in [7, 11) is 0. The topological polar surface area (TPSA) is 0 Å².